The van der Waals surface area contributed by atoms with Gasteiger partial charge in [-0.3, -0.25) is 9.98 Å². The first-order chi connectivity index (χ1) is 13.4. The van der Waals surface area contributed by atoms with Crippen molar-refractivity contribution in [2.24, 2.45) is 4.99 Å². The van der Waals surface area contributed by atoms with Gasteiger partial charge in [-0.25, -0.2) is 9.97 Å². The fraction of sp³-hybridized carbons (Fsp3) is 0.300. The Hall–Kier alpha value is -3.06. The van der Waals surface area contributed by atoms with Gasteiger partial charge in [-0.05, 0) is 42.5 Å². The Bertz CT molecular complexity index is 1010. The largest absolute Gasteiger partial charge is 0.376 e. The molecule has 2 aliphatic rings. The van der Waals surface area contributed by atoms with Crippen LogP contribution in [0, 0.1) is 0 Å². The molecule has 1 saturated heterocycles. The van der Waals surface area contributed by atoms with Crippen LogP contribution in [-0.4, -0.2) is 40.0 Å². The lowest BCUT2D eigenvalue weighted by molar-refractivity contribution is 0.120. The van der Waals surface area contributed by atoms with E-state index >= 15 is 0 Å². The van der Waals surface area contributed by atoms with E-state index in [0.717, 1.165) is 65.5 Å². The van der Waals surface area contributed by atoms with E-state index in [1.54, 1.807) is 12.4 Å². The first-order valence-corrected chi connectivity index (χ1v) is 9.23. The van der Waals surface area contributed by atoms with Gasteiger partial charge >= 0.3 is 0 Å². The van der Waals surface area contributed by atoms with Crippen LogP contribution in [0.2, 0.25) is 0 Å². The van der Waals surface area contributed by atoms with Crippen molar-refractivity contribution in [1.82, 2.24) is 15.0 Å². The third-order valence-electron chi connectivity index (χ3n) is 4.93. The molecule has 1 aromatic carbocycles. The van der Waals surface area contributed by atoms with Gasteiger partial charge < -0.3 is 15.4 Å². The summed E-state index contributed by atoms with van der Waals surface area (Å²) < 4.78 is 5.68. The summed E-state index contributed by atoms with van der Waals surface area (Å²) in [5.41, 5.74) is 2.70. The standard InChI is InChI=1S/C20H20N6O/c1-2-15(27-9-1)11-24-19-16-4-3-14(10-13(16)5-6-23-19)26-20-18-17(12-25-20)21-7-8-22-18/h3-8,10,15H,1-2,9,11-12H2,(H,23,24)(H,25,26)/t15-/m0/s1. The fourth-order valence-corrected chi connectivity index (χ4v) is 3.56. The number of amidine groups is 1. The Kier molecular flexibility index (Phi) is 4.14. The number of benzene rings is 1. The zero-order valence-electron chi connectivity index (χ0n) is 14.9. The minimum Gasteiger partial charge on any atom is -0.376 e. The van der Waals surface area contributed by atoms with Crippen molar-refractivity contribution in [3.8, 4) is 0 Å². The number of pyridine rings is 1. The predicted molar refractivity (Wildman–Crippen MR) is 105 cm³/mol. The Morgan fingerprint density at radius 2 is 2.04 bits per heavy atom. The fourth-order valence-electron chi connectivity index (χ4n) is 3.56. The second-order valence-corrected chi connectivity index (χ2v) is 6.75. The Labute approximate surface area is 156 Å². The number of hydrogen-bond acceptors (Lipinski definition) is 7. The maximum Gasteiger partial charge on any atom is 0.154 e. The smallest absolute Gasteiger partial charge is 0.154 e. The average molecular weight is 360 g/mol. The predicted octanol–water partition coefficient (Wildman–Crippen LogP) is 2.99. The highest BCUT2D eigenvalue weighted by Gasteiger charge is 2.19. The molecule has 136 valence electrons. The van der Waals surface area contributed by atoms with Crippen molar-refractivity contribution in [2.75, 3.05) is 23.8 Å². The zero-order valence-corrected chi connectivity index (χ0v) is 14.9. The van der Waals surface area contributed by atoms with E-state index in [1.807, 2.05) is 18.3 Å². The van der Waals surface area contributed by atoms with E-state index in [-0.39, 0.29) is 6.10 Å². The second kappa shape index (κ2) is 6.92. The highest BCUT2D eigenvalue weighted by atomic mass is 16.5. The summed E-state index contributed by atoms with van der Waals surface area (Å²) in [6, 6.07) is 8.24. The highest BCUT2D eigenvalue weighted by molar-refractivity contribution is 6.09. The minimum absolute atomic E-state index is 0.282. The Balaban J connectivity index is 1.36. The van der Waals surface area contributed by atoms with Crippen molar-refractivity contribution in [2.45, 2.75) is 25.5 Å². The number of hydrogen-bond donors (Lipinski definition) is 2. The monoisotopic (exact) mass is 360 g/mol. The summed E-state index contributed by atoms with van der Waals surface area (Å²) in [5, 5.41) is 9.01. The number of nitrogens with zero attached hydrogens (tertiary/aromatic N) is 4. The van der Waals surface area contributed by atoms with E-state index in [9.17, 15) is 0 Å². The zero-order chi connectivity index (χ0) is 18.1. The minimum atomic E-state index is 0.282. The van der Waals surface area contributed by atoms with E-state index in [0.29, 0.717) is 6.54 Å². The van der Waals surface area contributed by atoms with Crippen LogP contribution in [0.5, 0.6) is 0 Å². The third-order valence-corrected chi connectivity index (χ3v) is 4.93. The molecule has 4 heterocycles. The van der Waals surface area contributed by atoms with E-state index < -0.39 is 0 Å². The van der Waals surface area contributed by atoms with Gasteiger partial charge in [0.15, 0.2) is 5.84 Å². The molecule has 7 heteroatoms. The summed E-state index contributed by atoms with van der Waals surface area (Å²) in [7, 11) is 0. The molecule has 0 aliphatic carbocycles. The number of aromatic nitrogens is 3. The second-order valence-electron chi connectivity index (χ2n) is 6.75. The molecule has 2 aromatic heterocycles. The topological polar surface area (TPSA) is 84.3 Å². The first-order valence-electron chi connectivity index (χ1n) is 9.23. The Morgan fingerprint density at radius 1 is 1.07 bits per heavy atom. The first kappa shape index (κ1) is 16.1. The van der Waals surface area contributed by atoms with Crippen molar-refractivity contribution in [3.63, 3.8) is 0 Å². The van der Waals surface area contributed by atoms with Gasteiger partial charge in [0.05, 0.1) is 18.3 Å². The van der Waals surface area contributed by atoms with E-state index in [1.165, 1.54) is 0 Å². The van der Waals surface area contributed by atoms with Crippen molar-refractivity contribution in [3.05, 3.63) is 54.2 Å². The van der Waals surface area contributed by atoms with Crippen molar-refractivity contribution < 1.29 is 4.74 Å². The summed E-state index contributed by atoms with van der Waals surface area (Å²) >= 11 is 0. The van der Waals surface area contributed by atoms with Crippen LogP contribution in [0.25, 0.3) is 10.8 Å². The number of rotatable bonds is 4. The number of anilines is 2. The highest BCUT2D eigenvalue weighted by Crippen LogP contribution is 2.26. The van der Waals surface area contributed by atoms with Crippen LogP contribution in [0.3, 0.4) is 0 Å². The number of ether oxygens (including phenoxy) is 1. The van der Waals surface area contributed by atoms with Gasteiger partial charge in [-0.1, -0.05) is 0 Å². The summed E-state index contributed by atoms with van der Waals surface area (Å²) in [5.74, 6) is 1.66. The summed E-state index contributed by atoms with van der Waals surface area (Å²) in [4.78, 5) is 17.7. The SMILES string of the molecule is c1cnc2c(n1)CN=C2Nc1ccc2c(NC[C@@H]3CCCO3)nccc2c1. The number of fused-ring (bicyclic) bond motifs is 2. The van der Waals surface area contributed by atoms with Gasteiger partial charge in [0.1, 0.15) is 11.5 Å². The van der Waals surface area contributed by atoms with Crippen LogP contribution >= 0.6 is 0 Å². The van der Waals surface area contributed by atoms with Gasteiger partial charge in [0.2, 0.25) is 0 Å². The number of aliphatic imine (C=N–C) groups is 1. The number of nitrogens with one attached hydrogen (secondary N) is 2. The molecule has 3 aromatic rings. The lowest BCUT2D eigenvalue weighted by Gasteiger charge is -2.14. The quantitative estimate of drug-likeness (QED) is 0.744. The molecule has 0 bridgehead atoms. The molecule has 7 nitrogen and oxygen atoms in total. The maximum absolute atomic E-state index is 5.68. The molecule has 0 saturated carbocycles. The molecule has 0 amide bonds. The van der Waals surface area contributed by atoms with E-state index in [4.69, 9.17) is 4.74 Å². The molecule has 27 heavy (non-hydrogen) atoms. The molecule has 0 spiro atoms. The molecule has 0 unspecified atom stereocenters. The van der Waals surface area contributed by atoms with Crippen LogP contribution in [0.4, 0.5) is 11.5 Å². The van der Waals surface area contributed by atoms with Crippen LogP contribution < -0.4 is 10.6 Å². The van der Waals surface area contributed by atoms with E-state index in [2.05, 4.69) is 42.7 Å². The molecule has 1 fully saturated rings. The molecule has 2 N–H and O–H groups in total. The van der Waals surface area contributed by atoms with Gasteiger partial charge in [-0.2, -0.15) is 0 Å². The molecular formula is C20H20N6O. The lowest BCUT2D eigenvalue weighted by Crippen LogP contribution is -2.19. The van der Waals surface area contributed by atoms with Crippen LogP contribution in [0.15, 0.2) is 47.8 Å². The molecule has 1 atom stereocenters. The summed E-state index contributed by atoms with van der Waals surface area (Å²) in [6.45, 7) is 2.22. The average Bonchev–Trinajstić information content (AvgIpc) is 3.36. The van der Waals surface area contributed by atoms with Crippen molar-refractivity contribution in [1.29, 1.82) is 0 Å². The summed E-state index contributed by atoms with van der Waals surface area (Å²) in [6.07, 6.45) is 7.76. The normalized spacial score (nSPS) is 18.4. The molecule has 5 rings (SSSR count). The van der Waals surface area contributed by atoms with Crippen LogP contribution in [0.1, 0.15) is 24.2 Å². The Morgan fingerprint density at radius 3 is 2.96 bits per heavy atom. The third kappa shape index (κ3) is 3.21. The van der Waals surface area contributed by atoms with Gasteiger partial charge in [0, 0.05) is 42.8 Å². The molecular weight excluding hydrogens is 340 g/mol. The van der Waals surface area contributed by atoms with Crippen LogP contribution in [-0.2, 0) is 11.3 Å². The molecule has 0 radical (unpaired) electrons. The van der Waals surface area contributed by atoms with Gasteiger partial charge in [0.25, 0.3) is 0 Å². The van der Waals surface area contributed by atoms with Gasteiger partial charge in [-0.15, -0.1) is 0 Å². The van der Waals surface area contributed by atoms with Crippen molar-refractivity contribution >= 4 is 28.1 Å². The lowest BCUT2D eigenvalue weighted by atomic mass is 10.1. The maximum atomic E-state index is 5.68. The molecule has 2 aliphatic heterocycles.